The molecule has 0 N–H and O–H groups in total. The molecule has 1 aromatic heterocycles. The average Bonchev–Trinajstić information content (AvgIpc) is 2.39. The number of hydrogen-bond donors (Lipinski definition) is 0. The van der Waals surface area contributed by atoms with Crippen molar-refractivity contribution in [3.8, 4) is 11.3 Å². The van der Waals surface area contributed by atoms with Gasteiger partial charge in [0.2, 0.25) is 5.69 Å². The summed E-state index contributed by atoms with van der Waals surface area (Å²) in [5, 5.41) is 0. The van der Waals surface area contributed by atoms with Crippen LogP contribution >= 0.6 is 0 Å². The highest BCUT2D eigenvalue weighted by Gasteiger charge is 2.29. The molecule has 1 aliphatic carbocycles. The molecule has 0 atom stereocenters. The predicted molar refractivity (Wildman–Crippen MR) is 83.6 cm³/mol. The van der Waals surface area contributed by atoms with E-state index in [1.807, 2.05) is 0 Å². The number of hydrogen-bond acceptors (Lipinski definition) is 0. The Bertz CT molecular complexity index is 653. The number of nitrogens with zero attached hydrogens (tertiary/aromatic N) is 1. The van der Waals surface area contributed by atoms with Crippen LogP contribution < -0.4 is 4.57 Å². The molecule has 0 fully saturated rings. The molecule has 1 aliphatic rings. The Labute approximate surface area is 122 Å². The molecule has 1 nitrogen and oxygen atoms in total. The van der Waals surface area contributed by atoms with Crippen molar-refractivity contribution in [1.82, 2.24) is 0 Å². The number of fused-ring (bicyclic) bond motifs is 1. The maximum Gasteiger partial charge on any atom is 0.212 e. The average molecular weight is 266 g/mol. The van der Waals surface area contributed by atoms with Crippen molar-refractivity contribution in [3.05, 3.63) is 53.2 Å². The quantitative estimate of drug-likeness (QED) is 0.687. The van der Waals surface area contributed by atoms with E-state index in [1.54, 1.807) is 11.1 Å². The number of benzene rings is 1. The lowest BCUT2D eigenvalue weighted by Crippen LogP contribution is -2.31. The molecule has 0 unspecified atom stereocenters. The summed E-state index contributed by atoms with van der Waals surface area (Å²) in [5.74, 6) is 0. The second-order valence-electron chi connectivity index (χ2n) is 6.93. The molecule has 20 heavy (non-hydrogen) atoms. The van der Waals surface area contributed by atoms with Gasteiger partial charge in [0.25, 0.3) is 0 Å². The van der Waals surface area contributed by atoms with E-state index in [2.05, 4.69) is 68.9 Å². The van der Waals surface area contributed by atoms with E-state index < -0.39 is 0 Å². The van der Waals surface area contributed by atoms with Crippen LogP contribution in [0.5, 0.6) is 0 Å². The molecule has 0 saturated carbocycles. The topological polar surface area (TPSA) is 3.88 Å². The lowest BCUT2D eigenvalue weighted by Gasteiger charge is -2.32. The summed E-state index contributed by atoms with van der Waals surface area (Å²) in [5.41, 5.74) is 7.75. The molecule has 2 aromatic rings. The second kappa shape index (κ2) is 4.73. The van der Waals surface area contributed by atoms with Crippen LogP contribution in [0.2, 0.25) is 0 Å². The molecule has 0 saturated heterocycles. The first-order chi connectivity index (χ1) is 9.48. The van der Waals surface area contributed by atoms with Gasteiger partial charge in [-0.15, -0.1) is 0 Å². The van der Waals surface area contributed by atoms with Crippen LogP contribution in [0.4, 0.5) is 0 Å². The van der Waals surface area contributed by atoms with E-state index in [0.29, 0.717) is 5.41 Å². The first kappa shape index (κ1) is 13.4. The first-order valence-corrected chi connectivity index (χ1v) is 7.54. The standard InChI is InChI=1S/C19H24N/c1-14-8-9-15-13-19(2,3)11-10-16(15)18(14)17-7-5-6-12-20(17)4/h5-9,12H,10-11,13H2,1-4H3/q+1. The van der Waals surface area contributed by atoms with Gasteiger partial charge < -0.3 is 0 Å². The minimum absolute atomic E-state index is 0.443. The van der Waals surface area contributed by atoms with Crippen molar-refractivity contribution in [3.63, 3.8) is 0 Å². The van der Waals surface area contributed by atoms with Crippen LogP contribution in [0, 0.1) is 12.3 Å². The summed E-state index contributed by atoms with van der Waals surface area (Å²) in [6, 6.07) is 11.1. The molecular formula is C19H24N+. The summed E-state index contributed by atoms with van der Waals surface area (Å²) in [6.07, 6.45) is 5.83. The van der Waals surface area contributed by atoms with Crippen LogP contribution in [-0.2, 0) is 19.9 Å². The monoisotopic (exact) mass is 266 g/mol. The van der Waals surface area contributed by atoms with Crippen molar-refractivity contribution < 1.29 is 4.57 Å². The highest BCUT2D eigenvalue weighted by molar-refractivity contribution is 5.68. The van der Waals surface area contributed by atoms with E-state index in [4.69, 9.17) is 0 Å². The van der Waals surface area contributed by atoms with Crippen LogP contribution in [0.1, 0.15) is 37.0 Å². The molecule has 0 bridgehead atoms. The summed E-state index contributed by atoms with van der Waals surface area (Å²) in [6.45, 7) is 7.01. The molecule has 1 heterocycles. The van der Waals surface area contributed by atoms with E-state index in [9.17, 15) is 0 Å². The van der Waals surface area contributed by atoms with Gasteiger partial charge in [-0.1, -0.05) is 26.0 Å². The van der Waals surface area contributed by atoms with Crippen LogP contribution in [-0.4, -0.2) is 0 Å². The Morgan fingerprint density at radius 1 is 1.10 bits per heavy atom. The number of pyridine rings is 1. The van der Waals surface area contributed by atoms with E-state index in [0.717, 1.165) is 0 Å². The minimum atomic E-state index is 0.443. The Balaban J connectivity index is 2.20. The van der Waals surface area contributed by atoms with E-state index >= 15 is 0 Å². The Morgan fingerprint density at radius 3 is 2.65 bits per heavy atom. The lowest BCUT2D eigenvalue weighted by molar-refractivity contribution is -0.660. The zero-order valence-corrected chi connectivity index (χ0v) is 13.0. The zero-order valence-electron chi connectivity index (χ0n) is 13.0. The van der Waals surface area contributed by atoms with Crippen LogP contribution in [0.15, 0.2) is 36.5 Å². The third kappa shape index (κ3) is 2.26. The summed E-state index contributed by atoms with van der Waals surface area (Å²) in [4.78, 5) is 0. The first-order valence-electron chi connectivity index (χ1n) is 7.54. The van der Waals surface area contributed by atoms with Crippen molar-refractivity contribution in [1.29, 1.82) is 0 Å². The third-order valence-corrected chi connectivity index (χ3v) is 4.65. The van der Waals surface area contributed by atoms with E-state index in [-0.39, 0.29) is 0 Å². The van der Waals surface area contributed by atoms with Crippen LogP contribution in [0.3, 0.4) is 0 Å². The molecule has 0 radical (unpaired) electrons. The maximum atomic E-state index is 2.39. The van der Waals surface area contributed by atoms with Gasteiger partial charge in [0.1, 0.15) is 7.05 Å². The lowest BCUT2D eigenvalue weighted by atomic mass is 9.72. The molecule has 1 heteroatoms. The maximum absolute atomic E-state index is 2.39. The van der Waals surface area contributed by atoms with Gasteiger partial charge in [-0.3, -0.25) is 0 Å². The fraction of sp³-hybridized carbons (Fsp3) is 0.421. The van der Waals surface area contributed by atoms with Gasteiger partial charge in [-0.25, -0.2) is 4.57 Å². The Kier molecular flexibility index (Phi) is 3.16. The van der Waals surface area contributed by atoms with Gasteiger partial charge >= 0.3 is 0 Å². The highest BCUT2D eigenvalue weighted by atomic mass is 14.9. The SMILES string of the molecule is Cc1ccc2c(c1-c1cccc[n+]1C)CCC(C)(C)C2. The molecule has 0 aliphatic heterocycles. The third-order valence-electron chi connectivity index (χ3n) is 4.65. The molecule has 104 valence electrons. The highest BCUT2D eigenvalue weighted by Crippen LogP contribution is 2.39. The minimum Gasteiger partial charge on any atom is -0.201 e. The number of aromatic nitrogens is 1. The molecule has 0 spiro atoms. The largest absolute Gasteiger partial charge is 0.212 e. The van der Waals surface area contributed by atoms with Crippen molar-refractivity contribution in [2.75, 3.05) is 0 Å². The molecule has 3 rings (SSSR count). The molecule has 1 aromatic carbocycles. The Morgan fingerprint density at radius 2 is 1.90 bits per heavy atom. The summed E-state index contributed by atoms with van der Waals surface area (Å²) >= 11 is 0. The summed E-state index contributed by atoms with van der Waals surface area (Å²) in [7, 11) is 2.14. The summed E-state index contributed by atoms with van der Waals surface area (Å²) < 4.78 is 2.24. The fourth-order valence-electron chi connectivity index (χ4n) is 3.47. The van der Waals surface area contributed by atoms with Crippen molar-refractivity contribution in [2.45, 2.75) is 40.0 Å². The Hall–Kier alpha value is -1.63. The van der Waals surface area contributed by atoms with Gasteiger partial charge in [-0.2, -0.15) is 0 Å². The van der Waals surface area contributed by atoms with Gasteiger partial charge in [0.05, 0.1) is 5.56 Å². The smallest absolute Gasteiger partial charge is 0.201 e. The zero-order chi connectivity index (χ0) is 14.3. The van der Waals surface area contributed by atoms with Crippen molar-refractivity contribution in [2.24, 2.45) is 12.5 Å². The predicted octanol–water partition coefficient (Wildman–Crippen LogP) is 4.00. The molecular weight excluding hydrogens is 242 g/mol. The van der Waals surface area contributed by atoms with Gasteiger partial charge in [-0.05, 0) is 54.4 Å². The second-order valence-corrected chi connectivity index (χ2v) is 6.93. The van der Waals surface area contributed by atoms with Crippen molar-refractivity contribution >= 4 is 0 Å². The normalized spacial score (nSPS) is 16.8. The fourth-order valence-corrected chi connectivity index (χ4v) is 3.47. The number of rotatable bonds is 1. The molecule has 0 amide bonds. The number of aryl methyl sites for hydroxylation is 2. The van der Waals surface area contributed by atoms with Gasteiger partial charge in [0.15, 0.2) is 6.20 Å². The van der Waals surface area contributed by atoms with E-state index in [1.165, 1.54) is 36.1 Å². The van der Waals surface area contributed by atoms with Crippen LogP contribution in [0.25, 0.3) is 11.3 Å². The van der Waals surface area contributed by atoms with Gasteiger partial charge in [0, 0.05) is 12.1 Å².